The minimum absolute atomic E-state index is 0.360. The Morgan fingerprint density at radius 1 is 1.25 bits per heavy atom. The summed E-state index contributed by atoms with van der Waals surface area (Å²) in [6, 6.07) is 5.42. The Bertz CT molecular complexity index is 906. The van der Waals surface area contributed by atoms with E-state index in [1.165, 1.54) is 5.56 Å². The molecule has 0 saturated carbocycles. The molecule has 0 fully saturated rings. The van der Waals surface area contributed by atoms with E-state index in [0.29, 0.717) is 27.5 Å². The Morgan fingerprint density at radius 3 is 2.46 bits per heavy atom. The summed E-state index contributed by atoms with van der Waals surface area (Å²) in [5.41, 5.74) is 7.33. The molecule has 0 unspecified atom stereocenters. The van der Waals surface area contributed by atoms with Crippen LogP contribution in [-0.4, -0.2) is 10.8 Å². The Balaban J connectivity index is 2.37. The van der Waals surface area contributed by atoms with E-state index in [2.05, 4.69) is 34.7 Å². The number of nitrogens with one attached hydrogen (secondary N) is 2. The number of hydrogen-bond acceptors (Lipinski definition) is 4. The van der Waals surface area contributed by atoms with Crippen LogP contribution in [0.25, 0.3) is 21.3 Å². The van der Waals surface area contributed by atoms with E-state index in [1.807, 2.05) is 12.1 Å². The summed E-state index contributed by atoms with van der Waals surface area (Å²) < 4.78 is 1.09. The van der Waals surface area contributed by atoms with Gasteiger partial charge in [0.1, 0.15) is 0 Å². The van der Waals surface area contributed by atoms with E-state index in [9.17, 15) is 0 Å². The Hall–Kier alpha value is -1.73. The second-order valence-electron chi connectivity index (χ2n) is 5.71. The number of nitrogens with two attached hydrogens (primary N) is 2. The van der Waals surface area contributed by atoms with E-state index in [0.717, 1.165) is 21.3 Å². The Kier molecular flexibility index (Phi) is 4.73. The van der Waals surface area contributed by atoms with Gasteiger partial charge in [-0.3, -0.25) is 0 Å². The maximum Gasteiger partial charge on any atom is 0.184 e. The first-order chi connectivity index (χ1) is 11.5. The van der Waals surface area contributed by atoms with Gasteiger partial charge in [-0.25, -0.2) is 5.84 Å². The third kappa shape index (κ3) is 2.86. The summed E-state index contributed by atoms with van der Waals surface area (Å²) >= 11 is 14.0. The van der Waals surface area contributed by atoms with Crippen molar-refractivity contribution in [3.8, 4) is 11.1 Å². The number of hydrazone groups is 1. The van der Waals surface area contributed by atoms with Crippen LogP contribution < -0.4 is 17.1 Å². The maximum absolute atomic E-state index is 6.19. The molecule has 1 aromatic carbocycles. The number of nitrogens with zero attached hydrogens (tertiary/aromatic N) is 1. The van der Waals surface area contributed by atoms with E-state index in [4.69, 9.17) is 34.9 Å². The van der Waals surface area contributed by atoms with Gasteiger partial charge < -0.3 is 16.3 Å². The second-order valence-corrected chi connectivity index (χ2v) is 7.46. The number of hydrazine groups is 1. The van der Waals surface area contributed by atoms with Gasteiger partial charge in [-0.05, 0) is 40.6 Å². The molecule has 8 heteroatoms. The number of halogens is 2. The first kappa shape index (κ1) is 17.1. The van der Waals surface area contributed by atoms with Crippen LogP contribution in [0.1, 0.15) is 31.0 Å². The van der Waals surface area contributed by atoms with Crippen molar-refractivity contribution < 1.29 is 0 Å². The van der Waals surface area contributed by atoms with Gasteiger partial charge >= 0.3 is 0 Å². The van der Waals surface area contributed by atoms with Gasteiger partial charge in [0.2, 0.25) is 0 Å². The highest BCUT2D eigenvalue weighted by Crippen LogP contribution is 2.41. The molecule has 0 aliphatic heterocycles. The normalized spacial score (nSPS) is 12.3. The molecule has 0 bridgehead atoms. The number of aromatic nitrogens is 1. The number of hydrogen-bond donors (Lipinski definition) is 4. The third-order valence-electron chi connectivity index (χ3n) is 3.82. The molecule has 0 spiro atoms. The van der Waals surface area contributed by atoms with Crippen LogP contribution in [0.3, 0.4) is 0 Å². The van der Waals surface area contributed by atoms with E-state index < -0.39 is 0 Å². The summed E-state index contributed by atoms with van der Waals surface area (Å²) in [4.78, 5) is 3.40. The zero-order valence-electron chi connectivity index (χ0n) is 13.2. The molecule has 126 valence electrons. The zero-order valence-corrected chi connectivity index (χ0v) is 15.5. The molecular weight excluding hydrogens is 365 g/mol. The summed E-state index contributed by atoms with van der Waals surface area (Å²) in [5, 5.41) is 7.02. The maximum atomic E-state index is 6.19. The summed E-state index contributed by atoms with van der Waals surface area (Å²) in [6.45, 7) is 4.30. The second kappa shape index (κ2) is 6.64. The summed E-state index contributed by atoms with van der Waals surface area (Å²) in [5.74, 6) is 11.8. The van der Waals surface area contributed by atoms with Crippen molar-refractivity contribution in [2.75, 3.05) is 0 Å². The van der Waals surface area contributed by atoms with Gasteiger partial charge in [-0.1, -0.05) is 37.0 Å². The topological polar surface area (TPSA) is 92.2 Å². The first-order valence-electron chi connectivity index (χ1n) is 7.30. The van der Waals surface area contributed by atoms with Crippen LogP contribution in [0.5, 0.6) is 0 Å². The molecule has 0 amide bonds. The van der Waals surface area contributed by atoms with E-state index in [1.54, 1.807) is 17.4 Å². The zero-order chi connectivity index (χ0) is 17.4. The molecule has 0 aliphatic carbocycles. The number of rotatable bonds is 3. The quantitative estimate of drug-likeness (QED) is 0.234. The number of H-pyrrole nitrogens is 1. The summed E-state index contributed by atoms with van der Waals surface area (Å²) in [6.07, 6.45) is 0. The molecule has 2 aromatic heterocycles. The van der Waals surface area contributed by atoms with Crippen molar-refractivity contribution in [1.82, 2.24) is 10.4 Å². The Labute approximate surface area is 153 Å². The molecule has 5 nitrogen and oxygen atoms in total. The highest BCUT2D eigenvalue weighted by Gasteiger charge is 2.22. The number of amidine groups is 1. The van der Waals surface area contributed by atoms with Crippen molar-refractivity contribution in [2.45, 2.75) is 19.8 Å². The minimum Gasteiger partial charge on any atom is -0.350 e. The van der Waals surface area contributed by atoms with Crippen molar-refractivity contribution in [2.24, 2.45) is 16.8 Å². The monoisotopic (exact) mass is 381 g/mol. The fourth-order valence-electron chi connectivity index (χ4n) is 2.74. The van der Waals surface area contributed by atoms with Crippen LogP contribution in [-0.2, 0) is 0 Å². The molecule has 3 aromatic rings. The largest absolute Gasteiger partial charge is 0.350 e. The van der Waals surface area contributed by atoms with Crippen molar-refractivity contribution in [3.05, 3.63) is 44.9 Å². The Morgan fingerprint density at radius 2 is 1.92 bits per heavy atom. The standard InChI is InChI=1S/C16H17Cl2N5S/c1-7(2)11-6-24-15-12(8-3-9(17)5-10(18)4-8)14(21-13(11)15)16(22-19)23-20/h3-7,21H,19-20H2,1-2H3,(H,22,23). The predicted molar refractivity (Wildman–Crippen MR) is 104 cm³/mol. The van der Waals surface area contributed by atoms with Crippen LogP contribution in [0.15, 0.2) is 28.7 Å². The molecule has 0 saturated heterocycles. The van der Waals surface area contributed by atoms with Crippen LogP contribution in [0.2, 0.25) is 10.0 Å². The summed E-state index contributed by atoms with van der Waals surface area (Å²) in [7, 11) is 0. The van der Waals surface area contributed by atoms with E-state index in [-0.39, 0.29) is 0 Å². The average Bonchev–Trinajstić information content (AvgIpc) is 3.06. The van der Waals surface area contributed by atoms with Gasteiger partial charge in [0.15, 0.2) is 5.84 Å². The highest BCUT2D eigenvalue weighted by atomic mass is 35.5. The number of fused-ring (bicyclic) bond motifs is 1. The molecule has 3 rings (SSSR count). The molecule has 0 radical (unpaired) electrons. The molecule has 6 N–H and O–H groups in total. The van der Waals surface area contributed by atoms with Crippen molar-refractivity contribution in [3.63, 3.8) is 0 Å². The van der Waals surface area contributed by atoms with Crippen molar-refractivity contribution >= 4 is 50.6 Å². The van der Waals surface area contributed by atoms with Gasteiger partial charge in [-0.15, -0.1) is 11.3 Å². The third-order valence-corrected chi connectivity index (χ3v) is 5.27. The lowest BCUT2D eigenvalue weighted by Gasteiger charge is -2.08. The van der Waals surface area contributed by atoms with Crippen molar-refractivity contribution in [1.29, 1.82) is 0 Å². The number of thiophene rings is 1. The average molecular weight is 382 g/mol. The van der Waals surface area contributed by atoms with E-state index >= 15 is 0 Å². The van der Waals surface area contributed by atoms with Crippen LogP contribution in [0, 0.1) is 0 Å². The highest BCUT2D eigenvalue weighted by molar-refractivity contribution is 7.18. The lowest BCUT2D eigenvalue weighted by atomic mass is 10.0. The smallest absolute Gasteiger partial charge is 0.184 e. The number of aromatic amines is 1. The lowest BCUT2D eigenvalue weighted by Crippen LogP contribution is -2.32. The fraction of sp³-hybridized carbons (Fsp3) is 0.188. The van der Waals surface area contributed by atoms with Gasteiger partial charge in [-0.2, -0.15) is 5.10 Å². The van der Waals surface area contributed by atoms with Gasteiger partial charge in [0, 0.05) is 15.6 Å². The molecule has 2 heterocycles. The lowest BCUT2D eigenvalue weighted by molar-refractivity contribution is 0.877. The molecule has 24 heavy (non-hydrogen) atoms. The first-order valence-corrected chi connectivity index (χ1v) is 8.94. The predicted octanol–water partition coefficient (Wildman–Crippen LogP) is 4.41. The number of benzene rings is 1. The van der Waals surface area contributed by atoms with Gasteiger partial charge in [0.25, 0.3) is 0 Å². The molecule has 0 aliphatic rings. The molecular formula is C16H17Cl2N5S. The minimum atomic E-state index is 0.360. The van der Waals surface area contributed by atoms with Crippen LogP contribution >= 0.6 is 34.5 Å². The molecule has 0 atom stereocenters. The van der Waals surface area contributed by atoms with Gasteiger partial charge in [0.05, 0.1) is 15.9 Å². The fourth-order valence-corrected chi connectivity index (χ4v) is 4.52. The SMILES string of the molecule is CC(C)c1csc2c(-c3cc(Cl)cc(Cl)c3)c(/C(=N/N)NN)[nH]c12. The van der Waals surface area contributed by atoms with Crippen LogP contribution in [0.4, 0.5) is 0 Å².